The van der Waals surface area contributed by atoms with Gasteiger partial charge in [-0.25, -0.2) is 0 Å². The molecule has 150 valence electrons. The Bertz CT molecular complexity index is 707. The van der Waals surface area contributed by atoms with Crippen LogP contribution >= 0.6 is 0 Å². The van der Waals surface area contributed by atoms with Crippen LogP contribution in [-0.2, 0) is 11.3 Å². The van der Waals surface area contributed by atoms with E-state index in [1.54, 1.807) is 12.1 Å². The molecule has 1 aliphatic rings. The van der Waals surface area contributed by atoms with Crippen LogP contribution in [0, 0.1) is 0 Å². The minimum Gasteiger partial charge on any atom is -0.508 e. The molecule has 0 radical (unpaired) electrons. The number of hydrogen-bond donors (Lipinski definition) is 1. The molecule has 1 aliphatic heterocycles. The zero-order valence-electron chi connectivity index (χ0n) is 16.7. The SMILES string of the molecule is Oc1ccc(C(CCCc2ccccc2)=NOCCCN2CCCCC2)cc1. The van der Waals surface area contributed by atoms with Crippen molar-refractivity contribution >= 4 is 5.71 Å². The molecule has 0 spiro atoms. The summed E-state index contributed by atoms with van der Waals surface area (Å²) in [5.41, 5.74) is 3.31. The van der Waals surface area contributed by atoms with Crippen molar-refractivity contribution in [1.29, 1.82) is 0 Å². The van der Waals surface area contributed by atoms with Crippen molar-refractivity contribution in [2.75, 3.05) is 26.2 Å². The van der Waals surface area contributed by atoms with Crippen LogP contribution < -0.4 is 0 Å². The Balaban J connectivity index is 1.49. The van der Waals surface area contributed by atoms with Gasteiger partial charge in [0.2, 0.25) is 0 Å². The summed E-state index contributed by atoms with van der Waals surface area (Å²) >= 11 is 0. The van der Waals surface area contributed by atoms with Gasteiger partial charge in [0.05, 0.1) is 5.71 Å². The number of phenols is 1. The highest BCUT2D eigenvalue weighted by molar-refractivity contribution is 6.00. The fourth-order valence-electron chi connectivity index (χ4n) is 3.66. The number of aromatic hydroxyl groups is 1. The first kappa shape index (κ1) is 20.4. The Morgan fingerprint density at radius 3 is 2.43 bits per heavy atom. The molecule has 1 fully saturated rings. The van der Waals surface area contributed by atoms with Gasteiger partial charge >= 0.3 is 0 Å². The highest BCUT2D eigenvalue weighted by Gasteiger charge is 2.09. The number of benzene rings is 2. The summed E-state index contributed by atoms with van der Waals surface area (Å²) in [5, 5.41) is 14.0. The Hall–Kier alpha value is -2.33. The molecule has 2 aromatic rings. The van der Waals surface area contributed by atoms with Crippen LogP contribution in [0.5, 0.6) is 5.75 Å². The van der Waals surface area contributed by atoms with Crippen LogP contribution in [0.4, 0.5) is 0 Å². The molecule has 0 amide bonds. The third kappa shape index (κ3) is 7.01. The number of phenolic OH excluding ortho intramolecular Hbond substituents is 1. The van der Waals surface area contributed by atoms with Crippen molar-refractivity contribution in [3.05, 3.63) is 65.7 Å². The molecular weight excluding hydrogens is 348 g/mol. The van der Waals surface area contributed by atoms with Crippen LogP contribution in [0.15, 0.2) is 59.8 Å². The number of piperidine rings is 1. The summed E-state index contributed by atoms with van der Waals surface area (Å²) in [5.74, 6) is 0.273. The average Bonchev–Trinajstić information content (AvgIpc) is 2.74. The summed E-state index contributed by atoms with van der Waals surface area (Å²) in [4.78, 5) is 8.20. The van der Waals surface area contributed by atoms with Gasteiger partial charge in [-0.05, 0) is 87.0 Å². The van der Waals surface area contributed by atoms with E-state index in [0.29, 0.717) is 6.61 Å². The molecule has 1 N–H and O–H groups in total. The van der Waals surface area contributed by atoms with Crippen LogP contribution in [-0.4, -0.2) is 42.0 Å². The van der Waals surface area contributed by atoms with Gasteiger partial charge in [-0.1, -0.05) is 41.9 Å². The number of aryl methyl sites for hydroxylation is 1. The van der Waals surface area contributed by atoms with Gasteiger partial charge in [0.15, 0.2) is 0 Å². The largest absolute Gasteiger partial charge is 0.508 e. The molecule has 4 nitrogen and oxygen atoms in total. The lowest BCUT2D eigenvalue weighted by atomic mass is 10.0. The lowest BCUT2D eigenvalue weighted by Crippen LogP contribution is -2.31. The second-order valence-electron chi connectivity index (χ2n) is 7.51. The third-order valence-electron chi connectivity index (χ3n) is 5.26. The quantitative estimate of drug-likeness (QED) is 0.358. The molecule has 3 rings (SSSR count). The minimum atomic E-state index is 0.273. The smallest absolute Gasteiger partial charge is 0.118 e. The second kappa shape index (κ2) is 11.5. The summed E-state index contributed by atoms with van der Waals surface area (Å²) in [6.07, 6.45) is 7.92. The van der Waals surface area contributed by atoms with Crippen molar-refractivity contribution in [3.8, 4) is 5.75 Å². The van der Waals surface area contributed by atoms with Crippen molar-refractivity contribution in [2.45, 2.75) is 44.9 Å². The van der Waals surface area contributed by atoms with E-state index in [1.807, 2.05) is 18.2 Å². The summed E-state index contributed by atoms with van der Waals surface area (Å²) in [7, 11) is 0. The van der Waals surface area contributed by atoms with Crippen LogP contribution in [0.2, 0.25) is 0 Å². The maximum atomic E-state index is 9.56. The molecule has 1 heterocycles. The third-order valence-corrected chi connectivity index (χ3v) is 5.26. The molecular formula is C24H32N2O2. The van der Waals surface area contributed by atoms with Crippen LogP contribution in [0.25, 0.3) is 0 Å². The van der Waals surface area contributed by atoms with Gasteiger partial charge in [-0.3, -0.25) is 0 Å². The normalized spacial score (nSPS) is 15.5. The molecule has 0 bridgehead atoms. The first-order chi connectivity index (χ1) is 13.8. The minimum absolute atomic E-state index is 0.273. The maximum Gasteiger partial charge on any atom is 0.118 e. The molecule has 1 saturated heterocycles. The number of rotatable bonds is 10. The Labute approximate surface area is 168 Å². The predicted molar refractivity (Wildman–Crippen MR) is 115 cm³/mol. The lowest BCUT2D eigenvalue weighted by molar-refractivity contribution is 0.124. The van der Waals surface area contributed by atoms with E-state index in [2.05, 4.69) is 34.3 Å². The van der Waals surface area contributed by atoms with E-state index in [1.165, 1.54) is 37.9 Å². The topological polar surface area (TPSA) is 45.1 Å². The molecule has 28 heavy (non-hydrogen) atoms. The summed E-state index contributed by atoms with van der Waals surface area (Å²) in [6.45, 7) is 4.19. The first-order valence-electron chi connectivity index (χ1n) is 10.6. The fourth-order valence-corrected chi connectivity index (χ4v) is 3.66. The Morgan fingerprint density at radius 2 is 1.68 bits per heavy atom. The van der Waals surface area contributed by atoms with E-state index >= 15 is 0 Å². The molecule has 0 aliphatic carbocycles. The van der Waals surface area contributed by atoms with E-state index < -0.39 is 0 Å². The molecule has 2 aromatic carbocycles. The van der Waals surface area contributed by atoms with Crippen molar-refractivity contribution in [2.24, 2.45) is 5.16 Å². The van der Waals surface area contributed by atoms with E-state index in [0.717, 1.165) is 43.5 Å². The molecule has 0 atom stereocenters. The van der Waals surface area contributed by atoms with Gasteiger partial charge < -0.3 is 14.8 Å². The molecule has 4 heteroatoms. The van der Waals surface area contributed by atoms with Crippen LogP contribution in [0.3, 0.4) is 0 Å². The second-order valence-corrected chi connectivity index (χ2v) is 7.51. The van der Waals surface area contributed by atoms with Crippen molar-refractivity contribution in [3.63, 3.8) is 0 Å². The van der Waals surface area contributed by atoms with Crippen molar-refractivity contribution < 1.29 is 9.94 Å². The Morgan fingerprint density at radius 1 is 0.929 bits per heavy atom. The van der Waals surface area contributed by atoms with Crippen molar-refractivity contribution in [1.82, 2.24) is 4.90 Å². The number of oxime groups is 1. The first-order valence-corrected chi connectivity index (χ1v) is 10.6. The Kier molecular flexibility index (Phi) is 8.38. The predicted octanol–water partition coefficient (Wildman–Crippen LogP) is 5.01. The van der Waals surface area contributed by atoms with E-state index in [4.69, 9.17) is 4.84 Å². The number of hydrogen-bond acceptors (Lipinski definition) is 4. The standard InChI is InChI=1S/C24H32N2O2/c27-23-15-13-22(14-16-23)24(12-7-11-21-9-3-1-4-10-21)25-28-20-8-19-26-17-5-2-6-18-26/h1,3-4,9-10,13-16,27H,2,5-8,11-12,17-20H2. The zero-order chi connectivity index (χ0) is 19.4. The van der Waals surface area contributed by atoms with Gasteiger partial charge in [-0.2, -0.15) is 0 Å². The molecule has 0 saturated carbocycles. The van der Waals surface area contributed by atoms with Gasteiger partial charge in [0.1, 0.15) is 12.4 Å². The fraction of sp³-hybridized carbons (Fsp3) is 0.458. The molecule has 0 unspecified atom stereocenters. The summed E-state index contributed by atoms with van der Waals surface area (Å²) in [6, 6.07) is 17.8. The number of likely N-dealkylation sites (tertiary alicyclic amines) is 1. The van der Waals surface area contributed by atoms with E-state index in [-0.39, 0.29) is 5.75 Å². The number of nitrogens with zero attached hydrogens (tertiary/aromatic N) is 2. The maximum absolute atomic E-state index is 9.56. The zero-order valence-corrected chi connectivity index (χ0v) is 16.7. The van der Waals surface area contributed by atoms with Gasteiger partial charge in [0.25, 0.3) is 0 Å². The summed E-state index contributed by atoms with van der Waals surface area (Å²) < 4.78 is 0. The average molecular weight is 381 g/mol. The van der Waals surface area contributed by atoms with Gasteiger partial charge in [0, 0.05) is 6.54 Å². The lowest BCUT2D eigenvalue weighted by Gasteiger charge is -2.25. The molecule has 0 aromatic heterocycles. The van der Waals surface area contributed by atoms with E-state index in [9.17, 15) is 5.11 Å². The monoisotopic (exact) mass is 380 g/mol. The van der Waals surface area contributed by atoms with Gasteiger partial charge in [-0.15, -0.1) is 0 Å². The van der Waals surface area contributed by atoms with Crippen LogP contribution in [0.1, 0.15) is 49.7 Å². The highest BCUT2D eigenvalue weighted by atomic mass is 16.6. The highest BCUT2D eigenvalue weighted by Crippen LogP contribution is 2.15.